The number of benzene rings is 2. The predicted molar refractivity (Wildman–Crippen MR) is 125 cm³/mol. The molecule has 1 heterocycles. The van der Waals surface area contributed by atoms with E-state index in [9.17, 15) is 18.8 Å². The minimum atomic E-state index is -0.895. The molecule has 0 aliphatic carbocycles. The number of ether oxygens (including phenoxy) is 2. The van der Waals surface area contributed by atoms with Gasteiger partial charge in [-0.2, -0.15) is 0 Å². The summed E-state index contributed by atoms with van der Waals surface area (Å²) in [6, 6.07) is 14.7. The molecule has 0 saturated heterocycles. The normalized spacial score (nSPS) is 10.3. The summed E-state index contributed by atoms with van der Waals surface area (Å²) in [6.45, 7) is 1.62. The molecule has 8 nitrogen and oxygen atoms in total. The van der Waals surface area contributed by atoms with Gasteiger partial charge in [-0.1, -0.05) is 54.7 Å². The molecule has 1 aromatic heterocycles. The maximum atomic E-state index is 13.0. The number of hydrogen-bond donors (Lipinski definition) is 2. The zero-order chi connectivity index (χ0) is 24.5. The van der Waals surface area contributed by atoms with Gasteiger partial charge in [-0.25, -0.2) is 9.18 Å². The number of nitrogens with one attached hydrogen (secondary N) is 2. The van der Waals surface area contributed by atoms with Gasteiger partial charge in [0.15, 0.2) is 0 Å². The Kier molecular flexibility index (Phi) is 8.47. The largest absolute Gasteiger partial charge is 0.481 e. The van der Waals surface area contributed by atoms with E-state index in [4.69, 9.17) is 26.1 Å². The summed E-state index contributed by atoms with van der Waals surface area (Å²) in [4.78, 5) is 38.0. The summed E-state index contributed by atoms with van der Waals surface area (Å²) >= 11 is 5.17. The average Bonchev–Trinajstić information content (AvgIpc) is 2.84. The van der Waals surface area contributed by atoms with Crippen molar-refractivity contribution >= 4 is 29.1 Å². The van der Waals surface area contributed by atoms with Crippen molar-refractivity contribution < 1.29 is 27.9 Å². The van der Waals surface area contributed by atoms with E-state index in [1.54, 1.807) is 43.3 Å². The SMILES string of the molecule is CCOC(=O)c1occ(C(=O)NNC(=S)Cc2ccc(F)cc2)c(=O)c1OCc1ccccc1. The molecule has 0 bridgehead atoms. The van der Waals surface area contributed by atoms with E-state index in [0.717, 1.165) is 17.4 Å². The first kappa shape index (κ1) is 24.6. The number of rotatable bonds is 8. The van der Waals surface area contributed by atoms with Gasteiger partial charge in [-0.3, -0.25) is 20.4 Å². The molecule has 0 fully saturated rings. The van der Waals surface area contributed by atoms with E-state index < -0.39 is 34.4 Å². The fourth-order valence-corrected chi connectivity index (χ4v) is 3.05. The lowest BCUT2D eigenvalue weighted by atomic mass is 10.1. The molecule has 0 atom stereocenters. The van der Waals surface area contributed by atoms with Crippen molar-refractivity contribution in [1.29, 1.82) is 0 Å². The molecule has 176 valence electrons. The Morgan fingerprint density at radius 2 is 1.74 bits per heavy atom. The first-order valence-electron chi connectivity index (χ1n) is 10.2. The average molecular weight is 485 g/mol. The van der Waals surface area contributed by atoms with Crippen LogP contribution in [0.1, 0.15) is 39.0 Å². The van der Waals surface area contributed by atoms with E-state index in [2.05, 4.69) is 10.9 Å². The fraction of sp³-hybridized carbons (Fsp3) is 0.167. The second kappa shape index (κ2) is 11.7. The first-order chi connectivity index (χ1) is 16.4. The molecule has 0 saturated carbocycles. The van der Waals surface area contributed by atoms with Crippen LogP contribution >= 0.6 is 12.2 Å². The molecule has 34 heavy (non-hydrogen) atoms. The Balaban J connectivity index is 1.75. The summed E-state index contributed by atoms with van der Waals surface area (Å²) in [5.41, 5.74) is 5.04. The monoisotopic (exact) mass is 484 g/mol. The van der Waals surface area contributed by atoms with Crippen molar-refractivity contribution in [2.75, 3.05) is 6.61 Å². The number of hydrogen-bond acceptors (Lipinski definition) is 7. The van der Waals surface area contributed by atoms with Gasteiger partial charge in [-0.15, -0.1) is 0 Å². The Bertz CT molecular complexity index is 1230. The van der Waals surface area contributed by atoms with Crippen LogP contribution in [0.25, 0.3) is 0 Å². The van der Waals surface area contributed by atoms with Crippen LogP contribution in [0.5, 0.6) is 5.75 Å². The molecule has 2 N–H and O–H groups in total. The zero-order valence-electron chi connectivity index (χ0n) is 18.1. The number of esters is 1. The van der Waals surface area contributed by atoms with Crippen LogP contribution < -0.4 is 21.0 Å². The molecule has 0 spiro atoms. The molecule has 3 aromatic rings. The van der Waals surface area contributed by atoms with Crippen LogP contribution in [-0.4, -0.2) is 23.5 Å². The fourth-order valence-electron chi connectivity index (χ4n) is 2.83. The third-order valence-corrected chi connectivity index (χ3v) is 4.72. The third kappa shape index (κ3) is 6.48. The van der Waals surface area contributed by atoms with Crippen LogP contribution in [0.4, 0.5) is 4.39 Å². The number of halogens is 1. The summed E-state index contributed by atoms with van der Waals surface area (Å²) in [5.74, 6) is -3.01. The highest BCUT2D eigenvalue weighted by molar-refractivity contribution is 7.80. The summed E-state index contributed by atoms with van der Waals surface area (Å²) in [5, 5.41) is 0. The van der Waals surface area contributed by atoms with Crippen molar-refractivity contribution in [3.8, 4) is 5.75 Å². The molecule has 2 aromatic carbocycles. The lowest BCUT2D eigenvalue weighted by molar-refractivity contribution is 0.0477. The van der Waals surface area contributed by atoms with Crippen molar-refractivity contribution in [3.05, 3.63) is 99.4 Å². The minimum Gasteiger partial charge on any atom is -0.481 e. The maximum Gasteiger partial charge on any atom is 0.378 e. The van der Waals surface area contributed by atoms with Crippen molar-refractivity contribution in [3.63, 3.8) is 0 Å². The smallest absolute Gasteiger partial charge is 0.378 e. The molecule has 0 unspecified atom stereocenters. The van der Waals surface area contributed by atoms with Gasteiger partial charge in [0.2, 0.25) is 11.2 Å². The number of carbonyl (C=O) groups excluding carboxylic acids is 2. The molecule has 1 amide bonds. The zero-order valence-corrected chi connectivity index (χ0v) is 18.9. The van der Waals surface area contributed by atoms with Crippen LogP contribution in [0.15, 0.2) is 70.1 Å². The van der Waals surface area contributed by atoms with E-state index in [-0.39, 0.29) is 30.4 Å². The molecule has 3 rings (SSSR count). The second-order valence-corrected chi connectivity index (χ2v) is 7.43. The van der Waals surface area contributed by atoms with E-state index >= 15 is 0 Å². The van der Waals surface area contributed by atoms with Crippen molar-refractivity contribution in [1.82, 2.24) is 10.9 Å². The van der Waals surface area contributed by atoms with Crippen molar-refractivity contribution in [2.45, 2.75) is 20.0 Å². The quantitative estimate of drug-likeness (QED) is 0.285. The van der Waals surface area contributed by atoms with Gasteiger partial charge in [0.1, 0.15) is 24.3 Å². The second-order valence-electron chi connectivity index (χ2n) is 6.94. The number of carbonyl (C=O) groups is 2. The molecule has 10 heteroatoms. The molecular formula is C24H21FN2O6S. The lowest BCUT2D eigenvalue weighted by Crippen LogP contribution is -2.43. The first-order valence-corrected chi connectivity index (χ1v) is 10.6. The van der Waals surface area contributed by atoms with Gasteiger partial charge in [0, 0.05) is 6.42 Å². The standard InChI is InChI=1S/C24H21FN2O6S/c1-2-31-24(30)22-21(32-13-16-6-4-3-5-7-16)20(28)18(14-33-22)23(29)27-26-19(34)12-15-8-10-17(25)11-9-15/h3-11,14H,2,12-13H2,1H3,(H,26,34)(H,27,29). The van der Waals surface area contributed by atoms with E-state index in [0.29, 0.717) is 0 Å². The Morgan fingerprint density at radius 3 is 2.41 bits per heavy atom. The molecule has 0 aliphatic rings. The maximum absolute atomic E-state index is 13.0. The van der Waals surface area contributed by atoms with Crippen LogP contribution in [-0.2, 0) is 17.8 Å². The highest BCUT2D eigenvalue weighted by Crippen LogP contribution is 2.18. The van der Waals surface area contributed by atoms with Crippen molar-refractivity contribution in [2.24, 2.45) is 0 Å². The molecule has 0 radical (unpaired) electrons. The molecule has 0 aliphatic heterocycles. The highest BCUT2D eigenvalue weighted by Gasteiger charge is 2.25. The molecular weight excluding hydrogens is 463 g/mol. The lowest BCUT2D eigenvalue weighted by Gasteiger charge is -2.12. The topological polar surface area (TPSA) is 107 Å². The van der Waals surface area contributed by atoms with Gasteiger partial charge >= 0.3 is 5.97 Å². The third-order valence-electron chi connectivity index (χ3n) is 4.48. The number of thiocarbonyl (C=S) groups is 1. The summed E-state index contributed by atoms with van der Waals surface area (Å²) in [7, 11) is 0. The number of hydrazine groups is 1. The van der Waals surface area contributed by atoms with Gasteiger partial charge < -0.3 is 13.9 Å². The Labute approximate surface area is 199 Å². The summed E-state index contributed by atoms with van der Waals surface area (Å²) < 4.78 is 28.8. The van der Waals surface area contributed by atoms with Gasteiger partial charge in [0.05, 0.1) is 11.6 Å². The highest BCUT2D eigenvalue weighted by atomic mass is 32.1. The van der Waals surface area contributed by atoms with Crippen LogP contribution in [0, 0.1) is 5.82 Å². The van der Waals surface area contributed by atoms with Gasteiger partial charge in [0.25, 0.3) is 11.7 Å². The number of amides is 1. The Morgan fingerprint density at radius 1 is 1.03 bits per heavy atom. The minimum absolute atomic E-state index is 0.0386. The van der Waals surface area contributed by atoms with E-state index in [1.807, 2.05) is 6.07 Å². The van der Waals surface area contributed by atoms with Crippen LogP contribution in [0.2, 0.25) is 0 Å². The summed E-state index contributed by atoms with van der Waals surface area (Å²) in [6.07, 6.45) is 1.09. The van der Waals surface area contributed by atoms with Crippen LogP contribution in [0.3, 0.4) is 0 Å². The van der Waals surface area contributed by atoms with Gasteiger partial charge in [-0.05, 0) is 30.2 Å². The Hall–Kier alpha value is -4.05. The predicted octanol–water partition coefficient (Wildman–Crippen LogP) is 3.34. The van der Waals surface area contributed by atoms with E-state index in [1.165, 1.54) is 12.1 Å².